The number of hydrogen-bond donors (Lipinski definition) is 1. The number of fused-ring (bicyclic) bond motifs is 1. The van der Waals surface area contributed by atoms with E-state index in [0.29, 0.717) is 12.1 Å². The van der Waals surface area contributed by atoms with Crippen LogP contribution in [-0.2, 0) is 0 Å². The maximum Gasteiger partial charge on any atom is 0.252 e. The Balaban J connectivity index is 1.82. The molecule has 1 heterocycles. The SMILES string of the molecule is Cc1ccc2nc(C)cc(C(=O)NCC(C)c3ccccc3)c2c1. The number of rotatable bonds is 4. The summed E-state index contributed by atoms with van der Waals surface area (Å²) in [5.74, 6) is 0.227. The van der Waals surface area contributed by atoms with Gasteiger partial charge in [-0.05, 0) is 43.5 Å². The van der Waals surface area contributed by atoms with Gasteiger partial charge in [-0.25, -0.2) is 0 Å². The number of nitrogens with one attached hydrogen (secondary N) is 1. The van der Waals surface area contributed by atoms with E-state index < -0.39 is 0 Å². The number of amides is 1. The third kappa shape index (κ3) is 3.46. The molecule has 1 atom stereocenters. The molecule has 3 heteroatoms. The monoisotopic (exact) mass is 318 g/mol. The van der Waals surface area contributed by atoms with E-state index in [2.05, 4.69) is 29.4 Å². The van der Waals surface area contributed by atoms with Gasteiger partial charge >= 0.3 is 0 Å². The van der Waals surface area contributed by atoms with Crippen molar-refractivity contribution in [2.75, 3.05) is 6.54 Å². The number of carbonyl (C=O) groups excluding carboxylic acids is 1. The second-order valence-electron chi connectivity index (χ2n) is 6.35. The second-order valence-corrected chi connectivity index (χ2v) is 6.35. The van der Waals surface area contributed by atoms with Crippen molar-refractivity contribution in [3.8, 4) is 0 Å². The Morgan fingerprint density at radius 2 is 1.83 bits per heavy atom. The average Bonchev–Trinajstić information content (AvgIpc) is 2.59. The van der Waals surface area contributed by atoms with Gasteiger partial charge in [0.25, 0.3) is 5.91 Å². The minimum absolute atomic E-state index is 0.0427. The van der Waals surface area contributed by atoms with Gasteiger partial charge in [0.1, 0.15) is 0 Å². The van der Waals surface area contributed by atoms with Gasteiger partial charge in [-0.2, -0.15) is 0 Å². The Hall–Kier alpha value is -2.68. The highest BCUT2D eigenvalue weighted by Crippen LogP contribution is 2.20. The molecule has 3 rings (SSSR count). The molecule has 2 aromatic carbocycles. The van der Waals surface area contributed by atoms with Crippen LogP contribution in [0.2, 0.25) is 0 Å². The number of carbonyl (C=O) groups is 1. The van der Waals surface area contributed by atoms with E-state index in [1.807, 2.05) is 56.3 Å². The van der Waals surface area contributed by atoms with Crippen LogP contribution in [0.3, 0.4) is 0 Å². The quantitative estimate of drug-likeness (QED) is 0.775. The normalized spacial score (nSPS) is 12.1. The maximum absolute atomic E-state index is 12.7. The molecule has 0 aliphatic carbocycles. The molecule has 0 saturated carbocycles. The van der Waals surface area contributed by atoms with Crippen molar-refractivity contribution in [2.45, 2.75) is 26.7 Å². The summed E-state index contributed by atoms with van der Waals surface area (Å²) in [5, 5.41) is 3.98. The minimum Gasteiger partial charge on any atom is -0.351 e. The van der Waals surface area contributed by atoms with Gasteiger partial charge in [0.2, 0.25) is 0 Å². The van der Waals surface area contributed by atoms with E-state index in [-0.39, 0.29) is 11.8 Å². The average molecular weight is 318 g/mol. The lowest BCUT2D eigenvalue weighted by Crippen LogP contribution is -2.27. The topological polar surface area (TPSA) is 42.0 Å². The summed E-state index contributed by atoms with van der Waals surface area (Å²) >= 11 is 0. The van der Waals surface area contributed by atoms with Crippen molar-refractivity contribution in [2.24, 2.45) is 0 Å². The highest BCUT2D eigenvalue weighted by atomic mass is 16.1. The second kappa shape index (κ2) is 6.83. The third-order valence-electron chi connectivity index (χ3n) is 4.27. The van der Waals surface area contributed by atoms with Crippen LogP contribution in [0.1, 0.15) is 40.0 Å². The van der Waals surface area contributed by atoms with Gasteiger partial charge < -0.3 is 5.32 Å². The molecular formula is C21H22N2O. The number of pyridine rings is 1. The predicted octanol–water partition coefficient (Wildman–Crippen LogP) is 4.39. The fraction of sp³-hybridized carbons (Fsp3) is 0.238. The van der Waals surface area contributed by atoms with Gasteiger partial charge in [-0.3, -0.25) is 9.78 Å². The largest absolute Gasteiger partial charge is 0.351 e. The van der Waals surface area contributed by atoms with Crippen LogP contribution in [-0.4, -0.2) is 17.4 Å². The van der Waals surface area contributed by atoms with E-state index >= 15 is 0 Å². The predicted molar refractivity (Wildman–Crippen MR) is 98.4 cm³/mol. The van der Waals surface area contributed by atoms with Gasteiger partial charge in [-0.15, -0.1) is 0 Å². The van der Waals surface area contributed by atoms with E-state index in [9.17, 15) is 4.79 Å². The molecule has 0 aliphatic rings. The van der Waals surface area contributed by atoms with Crippen molar-refractivity contribution in [3.63, 3.8) is 0 Å². The lowest BCUT2D eigenvalue weighted by molar-refractivity contribution is 0.0953. The van der Waals surface area contributed by atoms with E-state index in [0.717, 1.165) is 22.2 Å². The van der Waals surface area contributed by atoms with Crippen LogP contribution in [0.4, 0.5) is 0 Å². The molecule has 3 aromatic rings. The molecule has 24 heavy (non-hydrogen) atoms. The molecule has 1 unspecified atom stereocenters. The van der Waals surface area contributed by atoms with Crippen LogP contribution in [0.5, 0.6) is 0 Å². The molecule has 1 amide bonds. The molecular weight excluding hydrogens is 296 g/mol. The minimum atomic E-state index is -0.0427. The summed E-state index contributed by atoms with van der Waals surface area (Å²) in [6, 6.07) is 18.1. The summed E-state index contributed by atoms with van der Waals surface area (Å²) < 4.78 is 0. The summed E-state index contributed by atoms with van der Waals surface area (Å²) in [6.45, 7) is 6.67. The first-order valence-corrected chi connectivity index (χ1v) is 8.26. The van der Waals surface area contributed by atoms with Gasteiger partial charge in [0.05, 0.1) is 11.1 Å². The standard InChI is InChI=1S/C21H22N2O/c1-14-9-10-20-18(11-14)19(12-16(3)23-20)21(24)22-13-15(2)17-7-5-4-6-8-17/h4-12,15H,13H2,1-3H3,(H,22,24). The number of benzene rings is 2. The molecule has 0 aliphatic heterocycles. The maximum atomic E-state index is 12.7. The number of hydrogen-bond acceptors (Lipinski definition) is 2. The Kier molecular flexibility index (Phi) is 4.61. The number of aromatic nitrogens is 1. The molecule has 122 valence electrons. The highest BCUT2D eigenvalue weighted by molar-refractivity contribution is 6.06. The first-order chi connectivity index (χ1) is 11.5. The summed E-state index contributed by atoms with van der Waals surface area (Å²) in [4.78, 5) is 17.2. The highest BCUT2D eigenvalue weighted by Gasteiger charge is 2.13. The fourth-order valence-corrected chi connectivity index (χ4v) is 2.90. The van der Waals surface area contributed by atoms with Crippen LogP contribution in [0, 0.1) is 13.8 Å². The Labute approximate surface area is 142 Å². The van der Waals surface area contributed by atoms with Crippen LogP contribution in [0.15, 0.2) is 54.6 Å². The molecule has 0 bridgehead atoms. The van der Waals surface area contributed by atoms with Crippen molar-refractivity contribution in [3.05, 3.63) is 77.0 Å². The number of nitrogens with zero attached hydrogens (tertiary/aromatic N) is 1. The molecule has 0 spiro atoms. The molecule has 1 N–H and O–H groups in total. The summed E-state index contributed by atoms with van der Waals surface area (Å²) in [6.07, 6.45) is 0. The Morgan fingerprint density at radius 3 is 2.58 bits per heavy atom. The van der Waals surface area contributed by atoms with Gasteiger partial charge in [0, 0.05) is 17.6 Å². The Bertz CT molecular complexity index is 872. The van der Waals surface area contributed by atoms with E-state index in [4.69, 9.17) is 0 Å². The number of aryl methyl sites for hydroxylation is 2. The van der Waals surface area contributed by atoms with E-state index in [1.165, 1.54) is 5.56 Å². The zero-order valence-corrected chi connectivity index (χ0v) is 14.3. The molecule has 0 saturated heterocycles. The first kappa shape index (κ1) is 16.2. The van der Waals surface area contributed by atoms with Gasteiger partial charge in [0.15, 0.2) is 0 Å². The first-order valence-electron chi connectivity index (χ1n) is 8.26. The van der Waals surface area contributed by atoms with E-state index in [1.54, 1.807) is 0 Å². The van der Waals surface area contributed by atoms with Crippen molar-refractivity contribution in [1.82, 2.24) is 10.3 Å². The lowest BCUT2D eigenvalue weighted by atomic mass is 10.0. The smallest absolute Gasteiger partial charge is 0.252 e. The summed E-state index contributed by atoms with van der Waals surface area (Å²) in [5.41, 5.74) is 4.76. The zero-order chi connectivity index (χ0) is 17.1. The van der Waals surface area contributed by atoms with Gasteiger partial charge in [-0.1, -0.05) is 48.9 Å². The Morgan fingerprint density at radius 1 is 1.08 bits per heavy atom. The molecule has 3 nitrogen and oxygen atoms in total. The van der Waals surface area contributed by atoms with Crippen molar-refractivity contribution < 1.29 is 4.79 Å². The van der Waals surface area contributed by atoms with Crippen molar-refractivity contribution >= 4 is 16.8 Å². The molecule has 0 radical (unpaired) electrons. The molecule has 1 aromatic heterocycles. The lowest BCUT2D eigenvalue weighted by Gasteiger charge is -2.14. The summed E-state index contributed by atoms with van der Waals surface area (Å²) in [7, 11) is 0. The van der Waals surface area contributed by atoms with Crippen LogP contribution in [0.25, 0.3) is 10.9 Å². The van der Waals surface area contributed by atoms with Crippen LogP contribution < -0.4 is 5.32 Å². The molecule has 0 fully saturated rings. The fourth-order valence-electron chi connectivity index (χ4n) is 2.90. The third-order valence-corrected chi connectivity index (χ3v) is 4.27. The zero-order valence-electron chi connectivity index (χ0n) is 14.3. The van der Waals surface area contributed by atoms with Crippen LogP contribution >= 0.6 is 0 Å². The van der Waals surface area contributed by atoms with Crippen molar-refractivity contribution in [1.29, 1.82) is 0 Å².